The SMILES string of the molecule is C1=CC[C]([Zr+2](=[C]2C3CC4CC(C3)CC2C4)[CH]2C3C=CC=CC3C3C4C=CC=CC4C4C=CC=CC4C32)=C1.[Cl-].[Cl-]. The topological polar surface area (TPSA) is 0 Å². The van der Waals surface area contributed by atoms with Crippen LogP contribution in [-0.2, 0) is 21.3 Å². The second-order valence-electron chi connectivity index (χ2n) is 14.0. The minimum Gasteiger partial charge on any atom is -1.00 e. The first-order chi connectivity index (χ1) is 18.3. The smallest absolute Gasteiger partial charge is 1.00 e. The van der Waals surface area contributed by atoms with Crippen LogP contribution in [0.2, 0.25) is 3.63 Å². The van der Waals surface area contributed by atoms with Gasteiger partial charge >= 0.3 is 232 Å². The summed E-state index contributed by atoms with van der Waals surface area (Å²) < 4.78 is 5.18. The number of hydrogen-bond donors (Lipinski definition) is 0. The fraction of sp³-hybridized carbons (Fsp3) is 0.528. The molecule has 0 spiro atoms. The summed E-state index contributed by atoms with van der Waals surface area (Å²) in [6, 6.07) is 0. The standard InChI is InChI=1S/C21H21.C10H14.C5H5.2ClH.Zr/c1-2-8-15-14(7-1)13-20-18-11-4-3-9-16(18)17-10-5-6-12-19(17)21(15)20;1-7-2-9-4-8(1)5-10(3-7)6-9;1-2-4-5-3-1;;;/h1-21H;7-10H,1-5H2;1-3H,4H2;2*1H;/q;;;;;+2/p-2. The van der Waals surface area contributed by atoms with Crippen LogP contribution < -0.4 is 24.8 Å². The monoisotopic (exact) mass is 632 g/mol. The van der Waals surface area contributed by atoms with Gasteiger partial charge in [0.2, 0.25) is 0 Å². The zero-order valence-corrected chi connectivity index (χ0v) is 26.6. The molecule has 202 valence electrons. The van der Waals surface area contributed by atoms with Gasteiger partial charge in [0.1, 0.15) is 0 Å². The minimum atomic E-state index is -2.11. The molecule has 0 aromatic carbocycles. The molecule has 6 fully saturated rings. The maximum Gasteiger partial charge on any atom is -1.00 e. The van der Waals surface area contributed by atoms with Crippen molar-refractivity contribution in [3.8, 4) is 0 Å². The third kappa shape index (κ3) is 4.02. The van der Waals surface area contributed by atoms with Crippen molar-refractivity contribution in [1.82, 2.24) is 0 Å². The molecular formula is C36H40Cl2Zr. The van der Waals surface area contributed by atoms with Gasteiger partial charge in [0, 0.05) is 0 Å². The molecule has 0 aromatic heterocycles. The molecule has 3 heteroatoms. The molecule has 0 nitrogen and oxygen atoms in total. The Hall–Kier alpha value is -0.747. The minimum absolute atomic E-state index is 0. The number of hydrogen-bond acceptors (Lipinski definition) is 0. The third-order valence-corrected chi connectivity index (χ3v) is 22.2. The first-order valence-electron chi connectivity index (χ1n) is 15.5. The molecule has 10 rings (SSSR count). The normalized spacial score (nSPS) is 47.9. The molecular weight excluding hydrogens is 595 g/mol. The molecule has 0 aromatic rings. The van der Waals surface area contributed by atoms with E-state index in [0.717, 1.165) is 56.9 Å². The van der Waals surface area contributed by atoms with E-state index in [0.29, 0.717) is 17.8 Å². The molecule has 4 bridgehead atoms. The Morgan fingerprint density at radius 2 is 1.00 bits per heavy atom. The van der Waals surface area contributed by atoms with Crippen molar-refractivity contribution in [2.45, 2.75) is 42.2 Å². The summed E-state index contributed by atoms with van der Waals surface area (Å²) in [5, 5.41) is 0. The summed E-state index contributed by atoms with van der Waals surface area (Å²) in [4.78, 5) is 0. The van der Waals surface area contributed by atoms with Crippen molar-refractivity contribution in [3.63, 3.8) is 0 Å². The molecule has 10 aliphatic carbocycles. The van der Waals surface area contributed by atoms with Gasteiger partial charge in [-0.25, -0.2) is 0 Å². The second kappa shape index (κ2) is 10.5. The van der Waals surface area contributed by atoms with Crippen molar-refractivity contribution < 1.29 is 46.1 Å². The number of halogens is 2. The number of fused-ring (bicyclic) bond motifs is 8. The Bertz CT molecular complexity index is 1260. The molecule has 0 saturated heterocycles. The van der Waals surface area contributed by atoms with E-state index in [1.54, 1.807) is 32.1 Å². The summed E-state index contributed by atoms with van der Waals surface area (Å²) in [7, 11) is 0. The maximum atomic E-state index is 2.72. The summed E-state index contributed by atoms with van der Waals surface area (Å²) in [6.45, 7) is 0. The fourth-order valence-electron chi connectivity index (χ4n) is 11.7. The van der Waals surface area contributed by atoms with E-state index in [9.17, 15) is 0 Å². The number of rotatable bonds is 2. The summed E-state index contributed by atoms with van der Waals surface area (Å²) in [6.07, 6.45) is 47.0. The summed E-state index contributed by atoms with van der Waals surface area (Å²) in [5.74, 6) is 10.1. The van der Waals surface area contributed by atoms with Crippen molar-refractivity contribution in [3.05, 3.63) is 94.4 Å². The quantitative estimate of drug-likeness (QED) is 0.438. The second-order valence-corrected chi connectivity index (χ2v) is 20.6. The average molecular weight is 635 g/mol. The molecule has 0 heterocycles. The van der Waals surface area contributed by atoms with Crippen LogP contribution in [0.4, 0.5) is 0 Å². The molecule has 39 heavy (non-hydrogen) atoms. The van der Waals surface area contributed by atoms with E-state index in [-0.39, 0.29) is 24.8 Å². The van der Waals surface area contributed by atoms with Gasteiger partial charge in [-0.3, -0.25) is 0 Å². The van der Waals surface area contributed by atoms with Gasteiger partial charge in [-0.05, 0) is 0 Å². The van der Waals surface area contributed by atoms with Crippen LogP contribution in [0.15, 0.2) is 94.4 Å². The van der Waals surface area contributed by atoms with Gasteiger partial charge in [0.05, 0.1) is 0 Å². The van der Waals surface area contributed by atoms with Crippen molar-refractivity contribution in [1.29, 1.82) is 0 Å². The van der Waals surface area contributed by atoms with Gasteiger partial charge in [-0.2, -0.15) is 0 Å². The van der Waals surface area contributed by atoms with E-state index >= 15 is 0 Å². The Kier molecular flexibility index (Phi) is 7.31. The van der Waals surface area contributed by atoms with E-state index in [1.165, 1.54) is 6.42 Å². The molecule has 9 unspecified atom stereocenters. The van der Waals surface area contributed by atoms with E-state index < -0.39 is 21.3 Å². The predicted molar refractivity (Wildman–Crippen MR) is 150 cm³/mol. The molecule has 0 amide bonds. The molecule has 0 N–H and O–H groups in total. The first kappa shape index (κ1) is 27.1. The van der Waals surface area contributed by atoms with Crippen LogP contribution in [0.5, 0.6) is 0 Å². The average Bonchev–Trinajstić information content (AvgIpc) is 3.58. The summed E-state index contributed by atoms with van der Waals surface area (Å²) >= 11 is -2.11. The van der Waals surface area contributed by atoms with Gasteiger partial charge in [-0.15, -0.1) is 0 Å². The Labute approximate surface area is 255 Å². The Morgan fingerprint density at radius 3 is 1.54 bits per heavy atom. The van der Waals surface area contributed by atoms with Crippen molar-refractivity contribution >= 4 is 3.21 Å². The van der Waals surface area contributed by atoms with Gasteiger partial charge in [0.15, 0.2) is 0 Å². The van der Waals surface area contributed by atoms with Crippen molar-refractivity contribution in [2.75, 3.05) is 0 Å². The summed E-state index contributed by atoms with van der Waals surface area (Å²) in [5.41, 5.74) is 0. The van der Waals surface area contributed by atoms with Crippen molar-refractivity contribution in [2.24, 2.45) is 71.0 Å². The maximum absolute atomic E-state index is 2.72. The van der Waals surface area contributed by atoms with Crippen LogP contribution in [0.3, 0.4) is 0 Å². The fourth-order valence-corrected chi connectivity index (χ4v) is 23.3. The van der Waals surface area contributed by atoms with Gasteiger partial charge < -0.3 is 24.8 Å². The molecule has 0 radical (unpaired) electrons. The molecule has 6 saturated carbocycles. The van der Waals surface area contributed by atoms with Crippen LogP contribution in [0, 0.1) is 71.0 Å². The zero-order chi connectivity index (χ0) is 24.1. The number of allylic oxidation sites excluding steroid dienone is 16. The van der Waals surface area contributed by atoms with Gasteiger partial charge in [0.25, 0.3) is 0 Å². The Balaban J connectivity index is 0.00000127. The van der Waals surface area contributed by atoms with E-state index in [1.807, 2.05) is 3.28 Å². The van der Waals surface area contributed by atoms with E-state index in [2.05, 4.69) is 94.3 Å². The van der Waals surface area contributed by atoms with Crippen LogP contribution in [-0.4, -0.2) is 3.21 Å². The van der Waals surface area contributed by atoms with Crippen LogP contribution in [0.1, 0.15) is 38.5 Å². The van der Waals surface area contributed by atoms with Crippen LogP contribution in [0.25, 0.3) is 0 Å². The van der Waals surface area contributed by atoms with Gasteiger partial charge in [-0.1, -0.05) is 0 Å². The molecule has 10 aliphatic rings. The van der Waals surface area contributed by atoms with Crippen LogP contribution >= 0.6 is 0 Å². The largest absolute Gasteiger partial charge is 1.00 e. The predicted octanol–water partition coefficient (Wildman–Crippen LogP) is 2.21. The van der Waals surface area contributed by atoms with E-state index in [4.69, 9.17) is 0 Å². The Morgan fingerprint density at radius 1 is 0.513 bits per heavy atom. The first-order valence-corrected chi connectivity index (χ1v) is 19.4. The molecule has 0 aliphatic heterocycles. The third-order valence-electron chi connectivity index (χ3n) is 12.5. The molecule has 9 atom stereocenters. The zero-order valence-electron chi connectivity index (χ0n) is 22.7.